The highest BCUT2D eigenvalue weighted by molar-refractivity contribution is 7.20. The van der Waals surface area contributed by atoms with Crippen molar-refractivity contribution in [1.82, 2.24) is 15.3 Å². The van der Waals surface area contributed by atoms with Crippen LogP contribution in [0.1, 0.15) is 0 Å². The maximum atomic E-state index is 11.3. The Morgan fingerprint density at radius 1 is 1.33 bits per heavy atom. The number of rotatable bonds is 3. The Labute approximate surface area is 139 Å². The van der Waals surface area contributed by atoms with Gasteiger partial charge in [0.2, 0.25) is 0 Å². The van der Waals surface area contributed by atoms with Gasteiger partial charge in [0.1, 0.15) is 17.6 Å². The van der Waals surface area contributed by atoms with E-state index in [1.165, 1.54) is 24.6 Å². The largest absolute Gasteiger partial charge is 0.460 e. The summed E-state index contributed by atoms with van der Waals surface area (Å²) in [7, 11) is 1.49. The number of hydrogen-bond acceptors (Lipinski definition) is 7. The average molecular weight is 341 g/mol. The number of benzene rings is 1. The molecule has 0 aliphatic heterocycles. The molecule has 4 aromatic rings. The van der Waals surface area contributed by atoms with Crippen molar-refractivity contribution in [1.29, 1.82) is 0 Å². The number of nitrogens with one attached hydrogen (secondary N) is 1. The van der Waals surface area contributed by atoms with E-state index in [0.717, 1.165) is 4.70 Å². The number of carbonyl (C=O) groups is 1. The molecule has 0 bridgehead atoms. The Hall–Kier alpha value is -3.13. The molecule has 0 atom stereocenters. The van der Waals surface area contributed by atoms with Gasteiger partial charge >= 0.3 is 6.09 Å². The fraction of sp³-hybridized carbons (Fsp3) is 0.0625. The van der Waals surface area contributed by atoms with Crippen LogP contribution < -0.4 is 14.8 Å². The van der Waals surface area contributed by atoms with Crippen LogP contribution in [-0.4, -0.2) is 23.1 Å². The summed E-state index contributed by atoms with van der Waals surface area (Å²) >= 11 is 1.41. The fourth-order valence-corrected chi connectivity index (χ4v) is 2.97. The third-order valence-corrected chi connectivity index (χ3v) is 4.16. The van der Waals surface area contributed by atoms with E-state index in [1.54, 1.807) is 24.4 Å². The molecule has 0 aliphatic rings. The number of carbonyl (C=O) groups excluding carboxylic acids is 1. The van der Waals surface area contributed by atoms with Crippen LogP contribution in [0.25, 0.3) is 21.3 Å². The predicted molar refractivity (Wildman–Crippen MR) is 88.8 cm³/mol. The Bertz CT molecular complexity index is 1010. The summed E-state index contributed by atoms with van der Waals surface area (Å²) in [5, 5.41) is 3.56. The first-order valence-corrected chi connectivity index (χ1v) is 7.85. The number of amides is 1. The van der Waals surface area contributed by atoms with E-state index in [-0.39, 0.29) is 0 Å². The monoisotopic (exact) mass is 341 g/mol. The molecule has 0 fully saturated rings. The van der Waals surface area contributed by atoms with Crippen LogP contribution in [0.15, 0.2) is 47.2 Å². The molecule has 8 heteroatoms. The van der Waals surface area contributed by atoms with Gasteiger partial charge in [0, 0.05) is 19.3 Å². The Morgan fingerprint density at radius 3 is 3.08 bits per heavy atom. The molecule has 7 nitrogen and oxygen atoms in total. The minimum atomic E-state index is -0.556. The second-order valence-electron chi connectivity index (χ2n) is 4.80. The number of hydrogen-bond donors (Lipinski definition) is 1. The van der Waals surface area contributed by atoms with Crippen molar-refractivity contribution in [2.45, 2.75) is 0 Å². The smallest absolute Gasteiger partial charge is 0.412 e. The van der Waals surface area contributed by atoms with E-state index < -0.39 is 6.09 Å². The van der Waals surface area contributed by atoms with Crippen LogP contribution in [0.5, 0.6) is 16.7 Å². The zero-order valence-corrected chi connectivity index (χ0v) is 13.3. The van der Waals surface area contributed by atoms with E-state index in [0.29, 0.717) is 33.3 Å². The fourth-order valence-electron chi connectivity index (χ4n) is 2.17. The van der Waals surface area contributed by atoms with Gasteiger partial charge in [0.15, 0.2) is 11.4 Å². The Kier molecular flexibility index (Phi) is 3.51. The Morgan fingerprint density at radius 2 is 2.25 bits per heavy atom. The van der Waals surface area contributed by atoms with Gasteiger partial charge in [-0.05, 0) is 24.3 Å². The van der Waals surface area contributed by atoms with Gasteiger partial charge in [-0.1, -0.05) is 11.3 Å². The SMILES string of the molecule is CNC(=O)Oc1coc2cc(Oc3nc4ncccc4s3)ccc12. The molecule has 120 valence electrons. The van der Waals surface area contributed by atoms with E-state index in [9.17, 15) is 4.79 Å². The average Bonchev–Trinajstić information content (AvgIpc) is 3.18. The van der Waals surface area contributed by atoms with Gasteiger partial charge < -0.3 is 19.2 Å². The molecule has 0 unspecified atom stereocenters. The number of pyridine rings is 1. The van der Waals surface area contributed by atoms with Gasteiger partial charge in [0.25, 0.3) is 5.19 Å². The zero-order chi connectivity index (χ0) is 16.5. The lowest BCUT2D eigenvalue weighted by atomic mass is 10.2. The molecule has 4 rings (SSSR count). The van der Waals surface area contributed by atoms with Gasteiger partial charge in [-0.15, -0.1) is 0 Å². The summed E-state index contributed by atoms with van der Waals surface area (Å²) < 4.78 is 17.3. The van der Waals surface area contributed by atoms with Gasteiger partial charge in [-0.2, -0.15) is 4.98 Å². The summed E-state index contributed by atoms with van der Waals surface area (Å²) in [5.41, 5.74) is 1.20. The quantitative estimate of drug-likeness (QED) is 0.607. The highest BCUT2D eigenvalue weighted by Gasteiger charge is 2.13. The number of nitrogens with zero attached hydrogens (tertiary/aromatic N) is 2. The molecule has 24 heavy (non-hydrogen) atoms. The van der Waals surface area contributed by atoms with Crippen LogP contribution in [-0.2, 0) is 0 Å². The van der Waals surface area contributed by atoms with E-state index >= 15 is 0 Å². The van der Waals surface area contributed by atoms with Gasteiger partial charge in [0.05, 0.1) is 10.1 Å². The lowest BCUT2D eigenvalue weighted by molar-refractivity contribution is 0.203. The highest BCUT2D eigenvalue weighted by atomic mass is 32.1. The summed E-state index contributed by atoms with van der Waals surface area (Å²) in [4.78, 5) is 19.8. The number of thiazole rings is 1. The number of aromatic nitrogens is 2. The van der Waals surface area contributed by atoms with Gasteiger partial charge in [-0.3, -0.25) is 0 Å². The molecule has 0 spiro atoms. The lowest BCUT2D eigenvalue weighted by Gasteiger charge is -2.02. The van der Waals surface area contributed by atoms with E-state index in [1.807, 2.05) is 12.1 Å². The first kappa shape index (κ1) is 14.5. The highest BCUT2D eigenvalue weighted by Crippen LogP contribution is 2.34. The summed E-state index contributed by atoms with van der Waals surface area (Å²) in [6.07, 6.45) is 2.51. The number of ether oxygens (including phenoxy) is 2. The van der Waals surface area contributed by atoms with Crippen molar-refractivity contribution in [2.24, 2.45) is 0 Å². The molecule has 3 heterocycles. The molecule has 0 aliphatic carbocycles. The zero-order valence-electron chi connectivity index (χ0n) is 12.5. The van der Waals surface area contributed by atoms with E-state index in [4.69, 9.17) is 13.9 Å². The Balaban J connectivity index is 1.62. The summed E-state index contributed by atoms with van der Waals surface area (Å²) in [6.45, 7) is 0. The standard InChI is InChI=1S/C16H11N3O4S/c1-17-15(20)23-12-8-21-11-7-9(4-5-10(11)12)22-16-19-14-13(24-16)3-2-6-18-14/h2-8H,1H3,(H,17,20). The first-order chi connectivity index (χ1) is 11.7. The van der Waals surface area contributed by atoms with E-state index in [2.05, 4.69) is 15.3 Å². The topological polar surface area (TPSA) is 86.5 Å². The van der Waals surface area contributed by atoms with Crippen molar-refractivity contribution in [3.63, 3.8) is 0 Å². The minimum Gasteiger partial charge on any atom is -0.460 e. The predicted octanol–water partition coefficient (Wildman–Crippen LogP) is 3.95. The number of fused-ring (bicyclic) bond motifs is 2. The third-order valence-electron chi connectivity index (χ3n) is 3.27. The summed E-state index contributed by atoms with van der Waals surface area (Å²) in [5.74, 6) is 0.919. The third kappa shape index (κ3) is 2.63. The molecule has 0 radical (unpaired) electrons. The van der Waals surface area contributed by atoms with Crippen LogP contribution in [0.2, 0.25) is 0 Å². The second-order valence-corrected chi connectivity index (χ2v) is 5.80. The second kappa shape index (κ2) is 5.82. The molecule has 1 aromatic carbocycles. The maximum absolute atomic E-state index is 11.3. The molecule has 1 amide bonds. The molecule has 0 saturated heterocycles. The van der Waals surface area contributed by atoms with Crippen molar-refractivity contribution in [3.05, 3.63) is 42.8 Å². The molecule has 3 aromatic heterocycles. The molecule has 1 N–H and O–H groups in total. The first-order valence-electron chi connectivity index (χ1n) is 7.03. The lowest BCUT2D eigenvalue weighted by Crippen LogP contribution is -2.21. The minimum absolute atomic E-state index is 0.347. The summed E-state index contributed by atoms with van der Waals surface area (Å²) in [6, 6.07) is 9.02. The molecular formula is C16H11N3O4S. The van der Waals surface area contributed by atoms with Crippen molar-refractivity contribution < 1.29 is 18.7 Å². The van der Waals surface area contributed by atoms with Crippen molar-refractivity contribution in [2.75, 3.05) is 7.05 Å². The van der Waals surface area contributed by atoms with Crippen LogP contribution >= 0.6 is 11.3 Å². The molecule has 0 saturated carbocycles. The van der Waals surface area contributed by atoms with Crippen LogP contribution in [0.4, 0.5) is 4.79 Å². The molecular weight excluding hydrogens is 330 g/mol. The van der Waals surface area contributed by atoms with Crippen LogP contribution in [0.3, 0.4) is 0 Å². The number of furan rings is 1. The maximum Gasteiger partial charge on any atom is 0.412 e. The normalized spacial score (nSPS) is 10.9. The van der Waals surface area contributed by atoms with Crippen LogP contribution in [0, 0.1) is 0 Å². The van der Waals surface area contributed by atoms with Gasteiger partial charge in [-0.25, -0.2) is 9.78 Å². The van der Waals surface area contributed by atoms with Crippen molar-refractivity contribution >= 4 is 38.7 Å². The van der Waals surface area contributed by atoms with Crippen molar-refractivity contribution in [3.8, 4) is 16.7 Å².